The third kappa shape index (κ3) is 2.21. The van der Waals surface area contributed by atoms with Crippen molar-refractivity contribution >= 4 is 11.6 Å². The summed E-state index contributed by atoms with van der Waals surface area (Å²) < 4.78 is 0. The molecule has 1 amide bonds. The van der Waals surface area contributed by atoms with Gasteiger partial charge in [0.1, 0.15) is 0 Å². The van der Waals surface area contributed by atoms with Gasteiger partial charge in [-0.1, -0.05) is 26.2 Å². The van der Waals surface area contributed by atoms with Crippen LogP contribution in [0.25, 0.3) is 0 Å². The topological polar surface area (TPSA) is 41.5 Å². The van der Waals surface area contributed by atoms with E-state index >= 15 is 0 Å². The predicted molar refractivity (Wildman–Crippen MR) is 60.6 cm³/mol. The Kier molecular flexibility index (Phi) is 3.39. The van der Waals surface area contributed by atoms with E-state index in [1.165, 1.54) is 31.4 Å². The van der Waals surface area contributed by atoms with Gasteiger partial charge in [-0.25, -0.2) is 5.43 Å². The van der Waals surface area contributed by atoms with Gasteiger partial charge in [0, 0.05) is 17.5 Å². The Morgan fingerprint density at radius 3 is 3.13 bits per heavy atom. The number of fused-ring (bicyclic) bond motifs is 1. The molecule has 0 aromatic rings. The predicted octanol–water partition coefficient (Wildman–Crippen LogP) is 2.47. The zero-order valence-corrected chi connectivity index (χ0v) is 9.46. The van der Waals surface area contributed by atoms with E-state index in [0.29, 0.717) is 5.92 Å². The average Bonchev–Trinajstić information content (AvgIpc) is 2.28. The maximum absolute atomic E-state index is 11.7. The SMILES string of the molecule is CCCCC1C(=O)NN=C2CCCCC21. The summed E-state index contributed by atoms with van der Waals surface area (Å²) in [6.45, 7) is 2.18. The summed E-state index contributed by atoms with van der Waals surface area (Å²) >= 11 is 0. The number of unbranched alkanes of at least 4 members (excludes halogenated alkanes) is 1. The number of hydrogen-bond donors (Lipinski definition) is 1. The molecular weight excluding hydrogens is 188 g/mol. The summed E-state index contributed by atoms with van der Waals surface area (Å²) in [5.41, 5.74) is 3.94. The van der Waals surface area contributed by atoms with Crippen molar-refractivity contribution in [1.82, 2.24) is 5.43 Å². The van der Waals surface area contributed by atoms with Gasteiger partial charge < -0.3 is 0 Å². The Morgan fingerprint density at radius 1 is 1.47 bits per heavy atom. The van der Waals surface area contributed by atoms with Gasteiger partial charge in [0.2, 0.25) is 5.91 Å². The molecule has 1 aliphatic heterocycles. The Hall–Kier alpha value is -0.860. The lowest BCUT2D eigenvalue weighted by atomic mass is 9.75. The van der Waals surface area contributed by atoms with Crippen LogP contribution in [-0.2, 0) is 4.79 Å². The van der Waals surface area contributed by atoms with Gasteiger partial charge in [0.15, 0.2) is 0 Å². The van der Waals surface area contributed by atoms with Crippen molar-refractivity contribution in [3.8, 4) is 0 Å². The molecule has 2 unspecified atom stereocenters. The second-order valence-electron chi connectivity index (χ2n) is 4.68. The van der Waals surface area contributed by atoms with Gasteiger partial charge in [-0.05, 0) is 25.7 Å². The largest absolute Gasteiger partial charge is 0.273 e. The van der Waals surface area contributed by atoms with Crippen molar-refractivity contribution in [3.05, 3.63) is 0 Å². The van der Waals surface area contributed by atoms with Crippen molar-refractivity contribution in [2.24, 2.45) is 16.9 Å². The summed E-state index contributed by atoms with van der Waals surface area (Å²) in [6.07, 6.45) is 8.12. The number of carbonyl (C=O) groups is 1. The number of carbonyl (C=O) groups excluding carboxylic acids is 1. The highest BCUT2D eigenvalue weighted by molar-refractivity contribution is 5.96. The Morgan fingerprint density at radius 2 is 2.33 bits per heavy atom. The molecule has 2 atom stereocenters. The van der Waals surface area contributed by atoms with Crippen LogP contribution in [0.3, 0.4) is 0 Å². The first-order chi connectivity index (χ1) is 7.33. The molecule has 0 radical (unpaired) electrons. The van der Waals surface area contributed by atoms with E-state index in [1.807, 2.05) is 0 Å². The molecule has 3 nitrogen and oxygen atoms in total. The van der Waals surface area contributed by atoms with E-state index < -0.39 is 0 Å². The summed E-state index contributed by atoms with van der Waals surface area (Å²) in [5, 5.41) is 4.21. The molecule has 1 N–H and O–H groups in total. The Labute approximate surface area is 91.3 Å². The van der Waals surface area contributed by atoms with Crippen LogP contribution >= 0.6 is 0 Å². The van der Waals surface area contributed by atoms with Gasteiger partial charge in [0.05, 0.1) is 0 Å². The van der Waals surface area contributed by atoms with Crippen molar-refractivity contribution in [2.75, 3.05) is 0 Å². The number of nitrogens with zero attached hydrogens (tertiary/aromatic N) is 1. The molecule has 1 heterocycles. The van der Waals surface area contributed by atoms with E-state index in [9.17, 15) is 4.79 Å². The number of hydrazone groups is 1. The first kappa shape index (κ1) is 10.7. The minimum absolute atomic E-state index is 0.152. The summed E-state index contributed by atoms with van der Waals surface area (Å²) in [6, 6.07) is 0. The highest BCUT2D eigenvalue weighted by atomic mass is 16.2. The quantitative estimate of drug-likeness (QED) is 0.760. The van der Waals surface area contributed by atoms with Gasteiger partial charge in [0.25, 0.3) is 0 Å². The van der Waals surface area contributed by atoms with Crippen LogP contribution in [-0.4, -0.2) is 11.6 Å². The number of rotatable bonds is 3. The van der Waals surface area contributed by atoms with Gasteiger partial charge in [-0.15, -0.1) is 0 Å². The molecule has 2 aliphatic rings. The fourth-order valence-corrected chi connectivity index (χ4v) is 2.74. The number of hydrogen-bond acceptors (Lipinski definition) is 2. The second kappa shape index (κ2) is 4.77. The van der Waals surface area contributed by atoms with Crippen LogP contribution in [0.15, 0.2) is 5.10 Å². The summed E-state index contributed by atoms with van der Waals surface area (Å²) in [4.78, 5) is 11.7. The smallest absolute Gasteiger partial charge is 0.243 e. The Bertz CT molecular complexity index is 273. The molecule has 0 spiro atoms. The molecule has 2 rings (SSSR count). The molecule has 84 valence electrons. The minimum atomic E-state index is 0.152. The summed E-state index contributed by atoms with van der Waals surface area (Å²) in [5.74, 6) is 0.816. The van der Waals surface area contributed by atoms with Crippen LogP contribution < -0.4 is 5.43 Å². The third-order valence-corrected chi connectivity index (χ3v) is 3.63. The van der Waals surface area contributed by atoms with E-state index in [2.05, 4.69) is 17.5 Å². The molecule has 0 aromatic carbocycles. The minimum Gasteiger partial charge on any atom is -0.273 e. The maximum atomic E-state index is 11.7. The average molecular weight is 208 g/mol. The Balaban J connectivity index is 2.07. The first-order valence-electron chi connectivity index (χ1n) is 6.19. The van der Waals surface area contributed by atoms with E-state index in [-0.39, 0.29) is 11.8 Å². The fourth-order valence-electron chi connectivity index (χ4n) is 2.74. The molecular formula is C12H20N2O. The molecule has 0 aromatic heterocycles. The van der Waals surface area contributed by atoms with Crippen LogP contribution in [0.2, 0.25) is 0 Å². The van der Waals surface area contributed by atoms with E-state index in [0.717, 1.165) is 19.3 Å². The van der Waals surface area contributed by atoms with E-state index in [4.69, 9.17) is 0 Å². The van der Waals surface area contributed by atoms with Crippen LogP contribution in [0, 0.1) is 11.8 Å². The first-order valence-corrected chi connectivity index (χ1v) is 6.19. The standard InChI is InChI=1S/C12H20N2O/c1-2-3-6-10-9-7-4-5-8-11(9)13-14-12(10)15/h9-10H,2-8H2,1H3,(H,14,15). The lowest BCUT2D eigenvalue weighted by Gasteiger charge is -2.33. The highest BCUT2D eigenvalue weighted by Crippen LogP contribution is 2.33. The maximum Gasteiger partial charge on any atom is 0.243 e. The molecule has 1 saturated carbocycles. The number of nitrogens with one attached hydrogen (secondary N) is 1. The second-order valence-corrected chi connectivity index (χ2v) is 4.68. The zero-order valence-electron chi connectivity index (χ0n) is 9.46. The molecule has 15 heavy (non-hydrogen) atoms. The molecule has 0 saturated heterocycles. The monoisotopic (exact) mass is 208 g/mol. The summed E-state index contributed by atoms with van der Waals surface area (Å²) in [7, 11) is 0. The molecule has 1 aliphatic carbocycles. The van der Waals surface area contributed by atoms with Gasteiger partial charge in [-0.2, -0.15) is 5.10 Å². The molecule has 0 bridgehead atoms. The fraction of sp³-hybridized carbons (Fsp3) is 0.833. The van der Waals surface area contributed by atoms with Crippen molar-refractivity contribution in [2.45, 2.75) is 51.9 Å². The highest BCUT2D eigenvalue weighted by Gasteiger charge is 2.35. The van der Waals surface area contributed by atoms with Crippen LogP contribution in [0.1, 0.15) is 51.9 Å². The van der Waals surface area contributed by atoms with Gasteiger partial charge in [-0.3, -0.25) is 4.79 Å². The van der Waals surface area contributed by atoms with Crippen molar-refractivity contribution in [3.63, 3.8) is 0 Å². The van der Waals surface area contributed by atoms with Gasteiger partial charge >= 0.3 is 0 Å². The van der Waals surface area contributed by atoms with Crippen LogP contribution in [0.4, 0.5) is 0 Å². The number of amides is 1. The van der Waals surface area contributed by atoms with Crippen molar-refractivity contribution < 1.29 is 4.79 Å². The third-order valence-electron chi connectivity index (χ3n) is 3.63. The lowest BCUT2D eigenvalue weighted by Crippen LogP contribution is -2.43. The lowest BCUT2D eigenvalue weighted by molar-refractivity contribution is -0.127. The molecule has 3 heteroatoms. The zero-order chi connectivity index (χ0) is 10.7. The van der Waals surface area contributed by atoms with Crippen molar-refractivity contribution in [1.29, 1.82) is 0 Å². The van der Waals surface area contributed by atoms with Crippen LogP contribution in [0.5, 0.6) is 0 Å². The molecule has 1 fully saturated rings. The normalized spacial score (nSPS) is 30.5. The van der Waals surface area contributed by atoms with E-state index in [1.54, 1.807) is 0 Å².